The predicted molar refractivity (Wildman–Crippen MR) is 109 cm³/mol. The lowest BCUT2D eigenvalue weighted by Gasteiger charge is -2.11. The Bertz CT molecular complexity index is 1180. The summed E-state index contributed by atoms with van der Waals surface area (Å²) in [5, 5.41) is 4.08. The highest BCUT2D eigenvalue weighted by Gasteiger charge is 2.33. The van der Waals surface area contributed by atoms with Crippen LogP contribution < -0.4 is 5.32 Å². The summed E-state index contributed by atoms with van der Waals surface area (Å²) in [6.45, 7) is 2.08. The summed E-state index contributed by atoms with van der Waals surface area (Å²) in [6, 6.07) is 26.6. The van der Waals surface area contributed by atoms with Gasteiger partial charge in [-0.2, -0.15) is 0 Å². The average molecular weight is 350 g/mol. The molecule has 1 aliphatic heterocycles. The second-order valence-electron chi connectivity index (χ2n) is 7.02. The number of carbonyl (C=O) groups excluding carboxylic acids is 1. The van der Waals surface area contributed by atoms with Crippen molar-refractivity contribution in [2.45, 2.75) is 12.8 Å². The van der Waals surface area contributed by atoms with Crippen LogP contribution in [0.3, 0.4) is 0 Å². The second kappa shape index (κ2) is 6.06. The van der Waals surface area contributed by atoms with Gasteiger partial charge in [0.25, 0.3) is 0 Å². The molecule has 4 aromatic rings. The van der Waals surface area contributed by atoms with Crippen molar-refractivity contribution in [3.05, 3.63) is 95.7 Å². The topological polar surface area (TPSA) is 42.0 Å². The molecule has 2 heterocycles. The molecule has 0 aliphatic carbocycles. The van der Waals surface area contributed by atoms with Gasteiger partial charge in [-0.3, -0.25) is 9.78 Å². The minimum Gasteiger partial charge on any atom is -0.325 e. The number of anilines is 1. The molecule has 3 heteroatoms. The molecular formula is C24H18N2O. The second-order valence-corrected chi connectivity index (χ2v) is 7.02. The van der Waals surface area contributed by atoms with Crippen molar-refractivity contribution in [1.29, 1.82) is 0 Å². The van der Waals surface area contributed by atoms with E-state index in [2.05, 4.69) is 48.6 Å². The fourth-order valence-corrected chi connectivity index (χ4v) is 3.72. The lowest BCUT2D eigenvalue weighted by molar-refractivity contribution is -0.116. The Morgan fingerprint density at radius 3 is 2.48 bits per heavy atom. The number of amides is 1. The van der Waals surface area contributed by atoms with Gasteiger partial charge < -0.3 is 5.32 Å². The lowest BCUT2D eigenvalue weighted by atomic mass is 9.93. The number of hydrogen-bond acceptors (Lipinski definition) is 2. The highest BCUT2D eigenvalue weighted by molar-refractivity contribution is 6.05. The van der Waals surface area contributed by atoms with Crippen LogP contribution in [0, 0.1) is 6.92 Å². The van der Waals surface area contributed by atoms with Crippen LogP contribution in [0.4, 0.5) is 5.69 Å². The number of benzene rings is 3. The van der Waals surface area contributed by atoms with Crippen molar-refractivity contribution in [2.24, 2.45) is 0 Å². The van der Waals surface area contributed by atoms with Gasteiger partial charge >= 0.3 is 0 Å². The van der Waals surface area contributed by atoms with Gasteiger partial charge in [-0.05, 0) is 47.9 Å². The molecule has 1 amide bonds. The Hall–Kier alpha value is -3.46. The molecule has 27 heavy (non-hydrogen) atoms. The quantitative estimate of drug-likeness (QED) is 0.533. The van der Waals surface area contributed by atoms with E-state index in [4.69, 9.17) is 4.98 Å². The van der Waals surface area contributed by atoms with Gasteiger partial charge in [0.05, 0.1) is 11.2 Å². The minimum absolute atomic E-state index is 0.0196. The number of para-hydroxylation sites is 1. The summed E-state index contributed by atoms with van der Waals surface area (Å²) in [6.07, 6.45) is 0. The molecule has 0 saturated carbocycles. The van der Waals surface area contributed by atoms with Crippen molar-refractivity contribution in [3.8, 4) is 11.1 Å². The van der Waals surface area contributed by atoms with E-state index in [-0.39, 0.29) is 11.8 Å². The van der Waals surface area contributed by atoms with E-state index < -0.39 is 0 Å². The van der Waals surface area contributed by atoms with E-state index in [0.29, 0.717) is 0 Å². The largest absolute Gasteiger partial charge is 0.325 e. The molecule has 0 spiro atoms. The highest BCUT2D eigenvalue weighted by Crippen LogP contribution is 2.39. The maximum atomic E-state index is 12.7. The first kappa shape index (κ1) is 15.8. The predicted octanol–water partition coefficient (Wildman–Crippen LogP) is 5.29. The molecule has 0 radical (unpaired) electrons. The maximum Gasteiger partial charge on any atom is 0.238 e. The van der Waals surface area contributed by atoms with Crippen LogP contribution in [-0.2, 0) is 4.79 Å². The van der Waals surface area contributed by atoms with E-state index in [0.717, 1.165) is 39.0 Å². The van der Waals surface area contributed by atoms with Crippen molar-refractivity contribution in [2.75, 3.05) is 5.32 Å². The third-order valence-corrected chi connectivity index (χ3v) is 5.18. The molecule has 1 aromatic heterocycles. The van der Waals surface area contributed by atoms with Crippen molar-refractivity contribution < 1.29 is 4.79 Å². The Labute approximate surface area is 157 Å². The number of nitrogens with zero attached hydrogens (tertiary/aromatic N) is 1. The van der Waals surface area contributed by atoms with E-state index in [9.17, 15) is 4.79 Å². The van der Waals surface area contributed by atoms with Crippen LogP contribution in [0.1, 0.15) is 22.7 Å². The van der Waals surface area contributed by atoms with Crippen LogP contribution in [0.25, 0.3) is 22.0 Å². The SMILES string of the molecule is Cc1ccc(-c2ccc3c(c2)C(c2ccc4ccccc4n2)C(=O)N3)cc1. The van der Waals surface area contributed by atoms with Crippen LogP contribution in [0.15, 0.2) is 78.9 Å². The first-order valence-electron chi connectivity index (χ1n) is 9.06. The Balaban J connectivity index is 1.62. The monoisotopic (exact) mass is 350 g/mol. The molecule has 1 unspecified atom stereocenters. The molecule has 1 N–H and O–H groups in total. The molecular weight excluding hydrogens is 332 g/mol. The van der Waals surface area contributed by atoms with Gasteiger partial charge in [0.2, 0.25) is 5.91 Å². The van der Waals surface area contributed by atoms with E-state index >= 15 is 0 Å². The first-order chi connectivity index (χ1) is 13.2. The number of pyridine rings is 1. The van der Waals surface area contributed by atoms with E-state index in [1.165, 1.54) is 5.56 Å². The molecule has 3 nitrogen and oxygen atoms in total. The summed E-state index contributed by atoms with van der Waals surface area (Å²) in [5.41, 5.74) is 7.03. The zero-order valence-corrected chi connectivity index (χ0v) is 14.9. The van der Waals surface area contributed by atoms with Gasteiger partial charge in [-0.1, -0.05) is 60.2 Å². The molecule has 130 valence electrons. The zero-order valence-electron chi connectivity index (χ0n) is 14.9. The summed E-state index contributed by atoms with van der Waals surface area (Å²) in [5.74, 6) is -0.399. The van der Waals surface area contributed by atoms with Gasteiger partial charge in [0.1, 0.15) is 5.92 Å². The summed E-state index contributed by atoms with van der Waals surface area (Å²) < 4.78 is 0. The Kier molecular flexibility index (Phi) is 3.54. The summed E-state index contributed by atoms with van der Waals surface area (Å²) in [7, 11) is 0. The van der Waals surface area contributed by atoms with Crippen LogP contribution in [-0.4, -0.2) is 10.9 Å². The first-order valence-corrected chi connectivity index (χ1v) is 9.06. The average Bonchev–Trinajstić information content (AvgIpc) is 3.03. The fraction of sp³-hybridized carbons (Fsp3) is 0.0833. The van der Waals surface area contributed by atoms with Gasteiger partial charge in [-0.15, -0.1) is 0 Å². The van der Waals surface area contributed by atoms with Crippen molar-refractivity contribution in [3.63, 3.8) is 0 Å². The van der Waals surface area contributed by atoms with Gasteiger partial charge in [-0.25, -0.2) is 0 Å². The molecule has 0 bridgehead atoms. The number of rotatable bonds is 2. The molecule has 1 atom stereocenters. The smallest absolute Gasteiger partial charge is 0.238 e. The third-order valence-electron chi connectivity index (χ3n) is 5.18. The fourth-order valence-electron chi connectivity index (χ4n) is 3.72. The number of fused-ring (bicyclic) bond motifs is 2. The number of hydrogen-bond donors (Lipinski definition) is 1. The number of aromatic nitrogens is 1. The number of carbonyl (C=O) groups is 1. The third kappa shape index (κ3) is 2.68. The minimum atomic E-state index is -0.380. The summed E-state index contributed by atoms with van der Waals surface area (Å²) >= 11 is 0. The molecule has 5 rings (SSSR count). The maximum absolute atomic E-state index is 12.7. The van der Waals surface area contributed by atoms with Crippen LogP contribution >= 0.6 is 0 Å². The number of nitrogens with one attached hydrogen (secondary N) is 1. The molecule has 3 aromatic carbocycles. The van der Waals surface area contributed by atoms with Gasteiger partial charge in [0.15, 0.2) is 0 Å². The Morgan fingerprint density at radius 2 is 1.63 bits per heavy atom. The Morgan fingerprint density at radius 1 is 0.852 bits per heavy atom. The zero-order chi connectivity index (χ0) is 18.4. The van der Waals surface area contributed by atoms with E-state index in [1.807, 2.05) is 42.5 Å². The number of aryl methyl sites for hydroxylation is 1. The molecule has 1 aliphatic rings. The van der Waals surface area contributed by atoms with Crippen molar-refractivity contribution in [1.82, 2.24) is 4.98 Å². The van der Waals surface area contributed by atoms with Crippen molar-refractivity contribution >= 4 is 22.5 Å². The standard InChI is InChI=1S/C24H18N2O/c1-15-6-8-16(9-7-15)18-11-12-21-19(14-18)23(24(27)26-21)22-13-10-17-4-2-3-5-20(17)25-22/h2-14,23H,1H3,(H,26,27). The molecule has 0 fully saturated rings. The van der Waals surface area contributed by atoms with Crippen LogP contribution in [0.2, 0.25) is 0 Å². The normalized spacial score (nSPS) is 15.6. The van der Waals surface area contributed by atoms with Crippen LogP contribution in [0.5, 0.6) is 0 Å². The molecule has 0 saturated heterocycles. The highest BCUT2D eigenvalue weighted by atomic mass is 16.2. The lowest BCUT2D eigenvalue weighted by Crippen LogP contribution is -2.14. The summed E-state index contributed by atoms with van der Waals surface area (Å²) in [4.78, 5) is 17.5. The van der Waals surface area contributed by atoms with Gasteiger partial charge in [0, 0.05) is 11.1 Å². The van der Waals surface area contributed by atoms with E-state index in [1.54, 1.807) is 0 Å².